The summed E-state index contributed by atoms with van der Waals surface area (Å²) in [6, 6.07) is 0.613. The first-order valence-electron chi connectivity index (χ1n) is 5.05. The van der Waals surface area contributed by atoms with Gasteiger partial charge in [0.05, 0.1) is 0 Å². The number of hydrogen-bond donors (Lipinski definition) is 1. The molecule has 6 heteroatoms. The first kappa shape index (κ1) is 11.0. The molecule has 0 bridgehead atoms. The molecule has 2 atom stereocenters. The molecule has 0 spiro atoms. The van der Waals surface area contributed by atoms with Gasteiger partial charge >= 0.3 is 0 Å². The smallest absolute Gasteiger partial charge is 0.206 e. The molecule has 84 valence electrons. The standard InChI is InChI=1S/C9H16N4S2/c1-6-4-13(5-7(6)12(2)3)8-10-11-9(14)15-8/h6-7H,4-5H2,1-3H3,(H,11,14). The number of anilines is 1. The van der Waals surface area contributed by atoms with Crippen LogP contribution in [-0.4, -0.2) is 48.3 Å². The number of aromatic nitrogens is 2. The van der Waals surface area contributed by atoms with Crippen LogP contribution in [0.4, 0.5) is 5.13 Å². The second kappa shape index (κ2) is 4.19. The monoisotopic (exact) mass is 244 g/mol. The lowest BCUT2D eigenvalue weighted by Gasteiger charge is -2.22. The van der Waals surface area contributed by atoms with Crippen LogP contribution >= 0.6 is 23.6 Å². The van der Waals surface area contributed by atoms with Crippen LogP contribution in [0.25, 0.3) is 0 Å². The van der Waals surface area contributed by atoms with E-state index in [9.17, 15) is 0 Å². The van der Waals surface area contributed by atoms with E-state index >= 15 is 0 Å². The van der Waals surface area contributed by atoms with Gasteiger partial charge in [-0.3, -0.25) is 5.10 Å². The predicted octanol–water partition coefficient (Wildman–Crippen LogP) is 1.59. The lowest BCUT2D eigenvalue weighted by atomic mass is 10.1. The van der Waals surface area contributed by atoms with Crippen LogP contribution in [0.5, 0.6) is 0 Å². The third-order valence-electron chi connectivity index (χ3n) is 2.93. The van der Waals surface area contributed by atoms with Crippen molar-refractivity contribution in [3.8, 4) is 0 Å². The summed E-state index contributed by atoms with van der Waals surface area (Å²) < 4.78 is 0.756. The minimum Gasteiger partial charge on any atom is -0.345 e. The highest BCUT2D eigenvalue weighted by Crippen LogP contribution is 2.27. The lowest BCUT2D eigenvalue weighted by Crippen LogP contribution is -2.34. The van der Waals surface area contributed by atoms with E-state index in [2.05, 4.69) is 41.0 Å². The van der Waals surface area contributed by atoms with Crippen LogP contribution in [0.2, 0.25) is 0 Å². The van der Waals surface area contributed by atoms with Crippen molar-refractivity contribution in [1.29, 1.82) is 0 Å². The van der Waals surface area contributed by atoms with Gasteiger partial charge < -0.3 is 9.80 Å². The Morgan fingerprint density at radius 1 is 1.53 bits per heavy atom. The van der Waals surface area contributed by atoms with Crippen LogP contribution < -0.4 is 4.90 Å². The molecule has 2 rings (SSSR count). The third kappa shape index (κ3) is 2.21. The lowest BCUT2D eigenvalue weighted by molar-refractivity contribution is 0.266. The number of hydrogen-bond acceptors (Lipinski definition) is 5. The second-order valence-electron chi connectivity index (χ2n) is 4.31. The van der Waals surface area contributed by atoms with Crippen molar-refractivity contribution in [2.45, 2.75) is 13.0 Å². The molecule has 0 saturated carbocycles. The van der Waals surface area contributed by atoms with E-state index in [0.717, 1.165) is 22.2 Å². The predicted molar refractivity (Wildman–Crippen MR) is 66.2 cm³/mol. The van der Waals surface area contributed by atoms with Gasteiger partial charge in [-0.05, 0) is 32.2 Å². The number of likely N-dealkylation sites (N-methyl/N-ethyl adjacent to an activating group) is 1. The van der Waals surface area contributed by atoms with Gasteiger partial charge in [-0.1, -0.05) is 18.3 Å². The molecule has 2 heterocycles. The number of nitrogens with zero attached hydrogens (tertiary/aromatic N) is 3. The van der Waals surface area contributed by atoms with Crippen LogP contribution in [0.15, 0.2) is 0 Å². The largest absolute Gasteiger partial charge is 0.345 e. The highest BCUT2D eigenvalue weighted by Gasteiger charge is 2.32. The molecule has 1 N–H and O–H groups in total. The zero-order chi connectivity index (χ0) is 11.0. The molecule has 15 heavy (non-hydrogen) atoms. The fraction of sp³-hybridized carbons (Fsp3) is 0.778. The Kier molecular flexibility index (Phi) is 3.08. The summed E-state index contributed by atoms with van der Waals surface area (Å²) in [7, 11) is 4.27. The maximum absolute atomic E-state index is 5.04. The van der Waals surface area contributed by atoms with Crippen LogP contribution in [0, 0.1) is 9.87 Å². The van der Waals surface area contributed by atoms with E-state index in [4.69, 9.17) is 12.2 Å². The van der Waals surface area contributed by atoms with Crippen molar-refractivity contribution in [2.75, 3.05) is 32.1 Å². The van der Waals surface area contributed by atoms with Gasteiger partial charge in [0.2, 0.25) is 5.13 Å². The fourth-order valence-electron chi connectivity index (χ4n) is 2.14. The minimum absolute atomic E-state index is 0.613. The summed E-state index contributed by atoms with van der Waals surface area (Å²) in [6.45, 7) is 4.40. The summed E-state index contributed by atoms with van der Waals surface area (Å²) in [6.07, 6.45) is 0. The Morgan fingerprint density at radius 2 is 2.27 bits per heavy atom. The molecule has 1 saturated heterocycles. The zero-order valence-electron chi connectivity index (χ0n) is 9.23. The summed E-state index contributed by atoms with van der Waals surface area (Å²) in [5.41, 5.74) is 0. The molecule has 0 amide bonds. The van der Waals surface area contributed by atoms with Crippen molar-refractivity contribution >= 4 is 28.7 Å². The Hall–Kier alpha value is -0.460. The molecule has 1 fully saturated rings. The quantitative estimate of drug-likeness (QED) is 0.801. The summed E-state index contributed by atoms with van der Waals surface area (Å²) in [4.78, 5) is 4.60. The number of aromatic amines is 1. The average molecular weight is 244 g/mol. The van der Waals surface area contributed by atoms with Gasteiger partial charge in [0, 0.05) is 19.1 Å². The topological polar surface area (TPSA) is 35.2 Å². The van der Waals surface area contributed by atoms with Gasteiger partial charge in [-0.15, -0.1) is 5.10 Å². The van der Waals surface area contributed by atoms with Gasteiger partial charge in [0.1, 0.15) is 0 Å². The molecule has 1 aliphatic rings. The Bertz CT molecular complexity index is 383. The Labute approximate surface area is 98.9 Å². The molecule has 0 radical (unpaired) electrons. The first-order chi connectivity index (χ1) is 7.08. The summed E-state index contributed by atoms with van der Waals surface area (Å²) in [5, 5.41) is 8.08. The van der Waals surface area contributed by atoms with E-state index in [-0.39, 0.29) is 0 Å². The third-order valence-corrected chi connectivity index (χ3v) is 4.08. The molecule has 1 aliphatic heterocycles. The van der Waals surface area contributed by atoms with Gasteiger partial charge in [0.15, 0.2) is 3.95 Å². The van der Waals surface area contributed by atoms with Crippen molar-refractivity contribution in [3.63, 3.8) is 0 Å². The SMILES string of the molecule is CC1CN(c2n[nH]c(=S)s2)CC1N(C)C. The normalized spacial score (nSPS) is 26.5. The zero-order valence-corrected chi connectivity index (χ0v) is 10.9. The van der Waals surface area contributed by atoms with Crippen molar-refractivity contribution < 1.29 is 0 Å². The summed E-state index contributed by atoms with van der Waals surface area (Å²) >= 11 is 6.60. The maximum atomic E-state index is 5.04. The highest BCUT2D eigenvalue weighted by molar-refractivity contribution is 7.73. The van der Waals surface area contributed by atoms with Crippen molar-refractivity contribution in [1.82, 2.24) is 15.1 Å². The van der Waals surface area contributed by atoms with Gasteiger partial charge in [-0.25, -0.2) is 0 Å². The fourth-order valence-corrected chi connectivity index (χ4v) is 3.03. The van der Waals surface area contributed by atoms with Crippen molar-refractivity contribution in [2.24, 2.45) is 5.92 Å². The molecular weight excluding hydrogens is 228 g/mol. The Balaban J connectivity index is 2.12. The van der Waals surface area contributed by atoms with E-state index < -0.39 is 0 Å². The van der Waals surface area contributed by atoms with Crippen LogP contribution in [-0.2, 0) is 0 Å². The van der Waals surface area contributed by atoms with E-state index in [1.54, 1.807) is 11.3 Å². The molecule has 1 aromatic heterocycles. The number of rotatable bonds is 2. The van der Waals surface area contributed by atoms with E-state index in [1.807, 2.05) is 0 Å². The Morgan fingerprint density at radius 3 is 2.73 bits per heavy atom. The van der Waals surface area contributed by atoms with E-state index in [1.165, 1.54) is 0 Å². The molecule has 4 nitrogen and oxygen atoms in total. The van der Waals surface area contributed by atoms with Crippen LogP contribution in [0.3, 0.4) is 0 Å². The van der Waals surface area contributed by atoms with Gasteiger partial charge in [0.25, 0.3) is 0 Å². The van der Waals surface area contributed by atoms with E-state index in [0.29, 0.717) is 12.0 Å². The van der Waals surface area contributed by atoms with Gasteiger partial charge in [-0.2, -0.15) is 0 Å². The molecule has 1 aromatic rings. The second-order valence-corrected chi connectivity index (χ2v) is 5.95. The molecule has 0 aromatic carbocycles. The average Bonchev–Trinajstić information content (AvgIpc) is 2.71. The molecular formula is C9H16N4S2. The van der Waals surface area contributed by atoms with Crippen LogP contribution in [0.1, 0.15) is 6.92 Å². The minimum atomic E-state index is 0.613. The summed E-state index contributed by atoms with van der Waals surface area (Å²) in [5.74, 6) is 0.678. The highest BCUT2D eigenvalue weighted by atomic mass is 32.1. The molecule has 0 aliphatic carbocycles. The number of H-pyrrole nitrogens is 1. The number of nitrogens with one attached hydrogen (secondary N) is 1. The maximum Gasteiger partial charge on any atom is 0.206 e. The first-order valence-corrected chi connectivity index (χ1v) is 6.27. The molecule has 2 unspecified atom stereocenters. The van der Waals surface area contributed by atoms with Crippen molar-refractivity contribution in [3.05, 3.63) is 3.95 Å².